The number of carboxylic acid groups (broad SMARTS) is 1. The van der Waals surface area contributed by atoms with Crippen molar-refractivity contribution >= 4 is 39.2 Å². The molecular weight excluding hydrogens is 371 g/mol. The van der Waals surface area contributed by atoms with Gasteiger partial charge in [0.1, 0.15) is 12.4 Å². The van der Waals surface area contributed by atoms with Gasteiger partial charge in [0.15, 0.2) is 0 Å². The van der Waals surface area contributed by atoms with Crippen molar-refractivity contribution in [2.45, 2.75) is 32.2 Å². The van der Waals surface area contributed by atoms with Gasteiger partial charge in [-0.05, 0) is 48.9 Å². The van der Waals surface area contributed by atoms with E-state index >= 15 is 0 Å². The standard InChI is InChI=1S/C19H21FN2O4S/c1-12(23)22(11-18(24)25)15-3-2-7-21(8-6-15)19(26)17-10-13-9-14(20)4-5-16(13)27-17/h4-5,9-10,15H,2-3,6-8,11H2,1H3,(H,24,25). The van der Waals surface area contributed by atoms with Crippen molar-refractivity contribution in [2.75, 3.05) is 19.6 Å². The van der Waals surface area contributed by atoms with Crippen LogP contribution in [-0.4, -0.2) is 58.4 Å². The number of hydrogen-bond acceptors (Lipinski definition) is 4. The highest BCUT2D eigenvalue weighted by Crippen LogP contribution is 2.28. The van der Waals surface area contributed by atoms with E-state index in [9.17, 15) is 18.8 Å². The zero-order chi connectivity index (χ0) is 19.6. The molecular formula is C19H21FN2O4S. The summed E-state index contributed by atoms with van der Waals surface area (Å²) in [6, 6.07) is 5.98. The van der Waals surface area contributed by atoms with Crippen LogP contribution in [0.3, 0.4) is 0 Å². The van der Waals surface area contributed by atoms with Crippen molar-refractivity contribution in [3.8, 4) is 0 Å². The van der Waals surface area contributed by atoms with Crippen LogP contribution in [0, 0.1) is 5.82 Å². The first-order valence-corrected chi connectivity index (χ1v) is 9.64. The summed E-state index contributed by atoms with van der Waals surface area (Å²) in [5.41, 5.74) is 0. The van der Waals surface area contributed by atoms with Gasteiger partial charge in [-0.2, -0.15) is 0 Å². The van der Waals surface area contributed by atoms with E-state index in [-0.39, 0.29) is 30.2 Å². The first kappa shape index (κ1) is 19.3. The predicted molar refractivity (Wildman–Crippen MR) is 100 cm³/mol. The summed E-state index contributed by atoms with van der Waals surface area (Å²) >= 11 is 1.33. The molecule has 0 spiro atoms. The van der Waals surface area contributed by atoms with Gasteiger partial charge in [-0.3, -0.25) is 14.4 Å². The van der Waals surface area contributed by atoms with Gasteiger partial charge >= 0.3 is 5.97 Å². The van der Waals surface area contributed by atoms with Crippen LogP contribution < -0.4 is 0 Å². The number of benzene rings is 1. The number of carbonyl (C=O) groups excluding carboxylic acids is 2. The summed E-state index contributed by atoms with van der Waals surface area (Å²) in [4.78, 5) is 39.4. The fourth-order valence-corrected chi connectivity index (χ4v) is 4.52. The van der Waals surface area contributed by atoms with Crippen LogP contribution in [0.4, 0.5) is 4.39 Å². The third-order valence-electron chi connectivity index (χ3n) is 4.82. The number of rotatable bonds is 4. The number of likely N-dealkylation sites (tertiary alicyclic amines) is 1. The maximum atomic E-state index is 13.4. The molecule has 6 nitrogen and oxygen atoms in total. The Hall–Kier alpha value is -2.48. The van der Waals surface area contributed by atoms with Gasteiger partial charge in [-0.15, -0.1) is 11.3 Å². The van der Waals surface area contributed by atoms with E-state index < -0.39 is 5.97 Å². The SMILES string of the molecule is CC(=O)N(CC(=O)O)C1CCCN(C(=O)c2cc3cc(F)ccc3s2)CC1. The van der Waals surface area contributed by atoms with Gasteiger partial charge in [-0.1, -0.05) is 0 Å². The van der Waals surface area contributed by atoms with Crippen molar-refractivity contribution in [1.29, 1.82) is 0 Å². The van der Waals surface area contributed by atoms with E-state index in [1.807, 2.05) is 0 Å². The molecule has 1 unspecified atom stereocenters. The van der Waals surface area contributed by atoms with Crippen LogP contribution in [-0.2, 0) is 9.59 Å². The van der Waals surface area contributed by atoms with Crippen molar-refractivity contribution in [1.82, 2.24) is 9.80 Å². The number of amides is 2. The number of thiophene rings is 1. The molecule has 1 N–H and O–H groups in total. The summed E-state index contributed by atoms with van der Waals surface area (Å²) < 4.78 is 14.2. The Morgan fingerprint density at radius 1 is 1.26 bits per heavy atom. The van der Waals surface area contributed by atoms with Crippen molar-refractivity contribution in [2.24, 2.45) is 0 Å². The van der Waals surface area contributed by atoms with Gasteiger partial charge < -0.3 is 14.9 Å². The zero-order valence-electron chi connectivity index (χ0n) is 15.0. The molecule has 2 amide bonds. The Labute approximate surface area is 160 Å². The van der Waals surface area contributed by atoms with Crippen LogP contribution in [0.25, 0.3) is 10.1 Å². The van der Waals surface area contributed by atoms with Gasteiger partial charge in [-0.25, -0.2) is 4.39 Å². The van der Waals surface area contributed by atoms with Crippen LogP contribution >= 0.6 is 11.3 Å². The average molecular weight is 392 g/mol. The normalized spacial score (nSPS) is 17.6. The number of halogens is 1. The molecule has 2 aromatic rings. The number of hydrogen-bond donors (Lipinski definition) is 1. The van der Waals surface area contributed by atoms with E-state index in [4.69, 9.17) is 5.11 Å². The molecule has 1 aromatic heterocycles. The zero-order valence-corrected chi connectivity index (χ0v) is 15.8. The van der Waals surface area contributed by atoms with E-state index in [0.717, 1.165) is 4.70 Å². The summed E-state index contributed by atoms with van der Waals surface area (Å²) in [7, 11) is 0. The van der Waals surface area contributed by atoms with Gasteiger partial charge in [0.2, 0.25) is 5.91 Å². The van der Waals surface area contributed by atoms with Crippen LogP contribution in [0.1, 0.15) is 35.9 Å². The molecule has 0 bridgehead atoms. The smallest absolute Gasteiger partial charge is 0.323 e. The Bertz CT molecular complexity index is 882. The lowest BCUT2D eigenvalue weighted by atomic mass is 10.1. The molecule has 0 saturated carbocycles. The quantitative estimate of drug-likeness (QED) is 0.868. The van der Waals surface area contributed by atoms with Gasteiger partial charge in [0.05, 0.1) is 4.88 Å². The second-order valence-electron chi connectivity index (χ2n) is 6.71. The van der Waals surface area contributed by atoms with Gasteiger partial charge in [0, 0.05) is 30.8 Å². The summed E-state index contributed by atoms with van der Waals surface area (Å²) in [6.07, 6.45) is 1.89. The molecule has 144 valence electrons. The highest BCUT2D eigenvalue weighted by molar-refractivity contribution is 7.20. The Morgan fingerprint density at radius 3 is 2.74 bits per heavy atom. The first-order chi connectivity index (χ1) is 12.8. The fourth-order valence-electron chi connectivity index (χ4n) is 3.51. The van der Waals surface area contributed by atoms with E-state index in [1.165, 1.54) is 35.3 Å². The minimum Gasteiger partial charge on any atom is -0.480 e. The van der Waals surface area contributed by atoms with Crippen molar-refractivity contribution in [3.63, 3.8) is 0 Å². The van der Waals surface area contributed by atoms with Crippen LogP contribution in [0.15, 0.2) is 24.3 Å². The summed E-state index contributed by atoms with van der Waals surface area (Å²) in [6.45, 7) is 2.05. The average Bonchev–Trinajstić information content (AvgIpc) is 2.87. The third-order valence-corrected chi connectivity index (χ3v) is 5.93. The molecule has 0 aliphatic carbocycles. The number of carboxylic acids is 1. The van der Waals surface area contributed by atoms with Crippen molar-refractivity contribution in [3.05, 3.63) is 35.0 Å². The minimum atomic E-state index is -1.04. The molecule has 1 saturated heterocycles. The lowest BCUT2D eigenvalue weighted by molar-refractivity contribution is -0.145. The summed E-state index contributed by atoms with van der Waals surface area (Å²) in [5, 5.41) is 9.74. The largest absolute Gasteiger partial charge is 0.480 e. The molecule has 1 aromatic carbocycles. The molecule has 1 atom stereocenters. The number of fused-ring (bicyclic) bond motifs is 1. The molecule has 1 fully saturated rings. The number of carbonyl (C=O) groups is 3. The minimum absolute atomic E-state index is 0.107. The van der Waals surface area contributed by atoms with Crippen LogP contribution in [0.2, 0.25) is 0 Å². The predicted octanol–water partition coefficient (Wildman–Crippen LogP) is 2.97. The van der Waals surface area contributed by atoms with E-state index in [1.54, 1.807) is 17.0 Å². The topological polar surface area (TPSA) is 77.9 Å². The Kier molecular flexibility index (Phi) is 5.74. The van der Waals surface area contributed by atoms with Crippen molar-refractivity contribution < 1.29 is 23.9 Å². The highest BCUT2D eigenvalue weighted by atomic mass is 32.1. The molecule has 8 heteroatoms. The lowest BCUT2D eigenvalue weighted by Crippen LogP contribution is -2.43. The maximum absolute atomic E-state index is 13.4. The van der Waals surface area contributed by atoms with E-state index in [0.29, 0.717) is 42.6 Å². The highest BCUT2D eigenvalue weighted by Gasteiger charge is 2.28. The van der Waals surface area contributed by atoms with E-state index in [2.05, 4.69) is 0 Å². The number of aliphatic carboxylic acids is 1. The second-order valence-corrected chi connectivity index (χ2v) is 7.79. The fraction of sp³-hybridized carbons (Fsp3) is 0.421. The monoisotopic (exact) mass is 392 g/mol. The third kappa shape index (κ3) is 4.44. The molecule has 1 aliphatic rings. The Balaban J connectivity index is 1.71. The second kappa shape index (κ2) is 8.04. The van der Waals surface area contributed by atoms with Gasteiger partial charge in [0.25, 0.3) is 5.91 Å². The first-order valence-electron chi connectivity index (χ1n) is 8.82. The Morgan fingerprint density at radius 2 is 2.04 bits per heavy atom. The lowest BCUT2D eigenvalue weighted by Gasteiger charge is -2.28. The molecule has 0 radical (unpaired) electrons. The molecule has 3 rings (SSSR count). The summed E-state index contributed by atoms with van der Waals surface area (Å²) in [5.74, 6) is -1.75. The van der Waals surface area contributed by atoms with Crippen LogP contribution in [0.5, 0.6) is 0 Å². The maximum Gasteiger partial charge on any atom is 0.323 e. The molecule has 27 heavy (non-hydrogen) atoms. The number of nitrogens with zero attached hydrogens (tertiary/aromatic N) is 2. The molecule has 1 aliphatic heterocycles. The molecule has 2 heterocycles.